The molecule has 2 rings (SSSR count). The van der Waals surface area contributed by atoms with Gasteiger partial charge in [-0.3, -0.25) is 4.90 Å². The molecule has 0 spiro atoms. The van der Waals surface area contributed by atoms with Crippen molar-refractivity contribution in [1.29, 1.82) is 0 Å². The summed E-state index contributed by atoms with van der Waals surface area (Å²) in [6, 6.07) is 0.564. The number of imidazole rings is 1. The van der Waals surface area contributed by atoms with E-state index in [1.807, 2.05) is 12.4 Å². The van der Waals surface area contributed by atoms with Crippen molar-refractivity contribution in [2.45, 2.75) is 32.4 Å². The summed E-state index contributed by atoms with van der Waals surface area (Å²) >= 11 is 0. The van der Waals surface area contributed by atoms with Gasteiger partial charge in [0.05, 0.1) is 19.8 Å². The molecule has 84 valence electrons. The van der Waals surface area contributed by atoms with Crippen LogP contribution in [0.5, 0.6) is 0 Å². The second kappa shape index (κ2) is 5.28. The monoisotopic (exact) mass is 209 g/mol. The summed E-state index contributed by atoms with van der Waals surface area (Å²) in [7, 11) is 0. The largest absolute Gasteiger partial charge is 0.378 e. The number of ether oxygens (including phenoxy) is 1. The third-order valence-electron chi connectivity index (χ3n) is 2.88. The third kappa shape index (κ3) is 2.79. The van der Waals surface area contributed by atoms with E-state index in [2.05, 4.69) is 21.8 Å². The predicted molar refractivity (Wildman–Crippen MR) is 58.5 cm³/mol. The molecule has 1 atom stereocenters. The Hall–Kier alpha value is -0.870. The molecule has 0 unspecified atom stereocenters. The van der Waals surface area contributed by atoms with Crippen LogP contribution in [0.15, 0.2) is 12.4 Å². The van der Waals surface area contributed by atoms with E-state index in [1.54, 1.807) is 0 Å². The molecule has 1 aliphatic heterocycles. The van der Waals surface area contributed by atoms with E-state index in [4.69, 9.17) is 4.74 Å². The van der Waals surface area contributed by atoms with E-state index in [1.165, 1.54) is 12.8 Å². The Morgan fingerprint density at radius 2 is 2.60 bits per heavy atom. The second-order valence-electron chi connectivity index (χ2n) is 4.02. The van der Waals surface area contributed by atoms with Crippen molar-refractivity contribution in [2.75, 3.05) is 19.8 Å². The fourth-order valence-corrected chi connectivity index (χ4v) is 2.07. The minimum absolute atomic E-state index is 0.564. The quantitative estimate of drug-likeness (QED) is 0.815. The Morgan fingerprint density at radius 1 is 1.67 bits per heavy atom. The van der Waals surface area contributed by atoms with Crippen LogP contribution in [0.25, 0.3) is 0 Å². The van der Waals surface area contributed by atoms with E-state index < -0.39 is 0 Å². The minimum atomic E-state index is 0.564. The van der Waals surface area contributed by atoms with Crippen LogP contribution in [-0.4, -0.2) is 40.7 Å². The molecular weight excluding hydrogens is 190 g/mol. The lowest BCUT2D eigenvalue weighted by atomic mass is 10.1. The third-order valence-corrected chi connectivity index (χ3v) is 2.88. The number of aromatic nitrogens is 2. The maximum atomic E-state index is 5.51. The SMILES string of the molecule is CCC[C@@H]1COCCN1Cc1ncc[nH]1. The summed E-state index contributed by atoms with van der Waals surface area (Å²) in [5.74, 6) is 1.05. The minimum Gasteiger partial charge on any atom is -0.378 e. The van der Waals surface area contributed by atoms with Crippen molar-refractivity contribution < 1.29 is 4.74 Å². The molecule has 1 fully saturated rings. The summed E-state index contributed by atoms with van der Waals surface area (Å²) in [5, 5.41) is 0. The number of H-pyrrole nitrogens is 1. The van der Waals surface area contributed by atoms with E-state index >= 15 is 0 Å². The predicted octanol–water partition coefficient (Wildman–Crippen LogP) is 1.41. The van der Waals surface area contributed by atoms with E-state index in [9.17, 15) is 0 Å². The van der Waals surface area contributed by atoms with Crippen LogP contribution in [-0.2, 0) is 11.3 Å². The van der Waals surface area contributed by atoms with Crippen molar-refractivity contribution in [2.24, 2.45) is 0 Å². The van der Waals surface area contributed by atoms with Gasteiger partial charge in [-0.1, -0.05) is 13.3 Å². The standard InChI is InChI=1S/C11H19N3O/c1-2-3-10-9-15-7-6-14(10)8-11-12-4-5-13-11/h4-5,10H,2-3,6-9H2,1H3,(H,12,13)/t10-/m1/s1. The Kier molecular flexibility index (Phi) is 3.75. The van der Waals surface area contributed by atoms with Gasteiger partial charge in [0.1, 0.15) is 5.82 Å². The van der Waals surface area contributed by atoms with Gasteiger partial charge in [-0.2, -0.15) is 0 Å². The highest BCUT2D eigenvalue weighted by Crippen LogP contribution is 2.14. The number of hydrogen-bond donors (Lipinski definition) is 1. The van der Waals surface area contributed by atoms with Gasteiger partial charge in [0.15, 0.2) is 0 Å². The fourth-order valence-electron chi connectivity index (χ4n) is 2.07. The molecule has 0 aromatic carbocycles. The smallest absolute Gasteiger partial charge is 0.120 e. The molecule has 4 nitrogen and oxygen atoms in total. The normalized spacial score (nSPS) is 23.1. The van der Waals surface area contributed by atoms with Crippen LogP contribution in [0.3, 0.4) is 0 Å². The van der Waals surface area contributed by atoms with Crippen LogP contribution in [0.4, 0.5) is 0 Å². The Morgan fingerprint density at radius 3 is 3.33 bits per heavy atom. The first-order valence-corrected chi connectivity index (χ1v) is 5.70. The highest BCUT2D eigenvalue weighted by Gasteiger charge is 2.22. The first kappa shape index (κ1) is 10.6. The maximum Gasteiger partial charge on any atom is 0.120 e. The van der Waals surface area contributed by atoms with E-state index in [0.717, 1.165) is 32.1 Å². The highest BCUT2D eigenvalue weighted by molar-refractivity contribution is 4.89. The van der Waals surface area contributed by atoms with Crippen molar-refractivity contribution in [3.8, 4) is 0 Å². The molecule has 15 heavy (non-hydrogen) atoms. The molecule has 2 heterocycles. The number of hydrogen-bond acceptors (Lipinski definition) is 3. The summed E-state index contributed by atoms with van der Waals surface area (Å²) in [6.07, 6.45) is 6.11. The molecule has 1 aromatic heterocycles. The topological polar surface area (TPSA) is 41.1 Å². The average molecular weight is 209 g/mol. The van der Waals surface area contributed by atoms with Crippen LogP contribution in [0, 0.1) is 0 Å². The number of nitrogens with zero attached hydrogens (tertiary/aromatic N) is 2. The first-order valence-electron chi connectivity index (χ1n) is 5.70. The average Bonchev–Trinajstić information content (AvgIpc) is 2.74. The van der Waals surface area contributed by atoms with Crippen LogP contribution in [0.1, 0.15) is 25.6 Å². The lowest BCUT2D eigenvalue weighted by Crippen LogP contribution is -2.44. The van der Waals surface area contributed by atoms with Gasteiger partial charge in [-0.05, 0) is 6.42 Å². The zero-order valence-electron chi connectivity index (χ0n) is 9.28. The molecule has 0 amide bonds. The fraction of sp³-hybridized carbons (Fsp3) is 0.727. The van der Waals surface area contributed by atoms with Gasteiger partial charge in [0.2, 0.25) is 0 Å². The summed E-state index contributed by atoms with van der Waals surface area (Å²) in [6.45, 7) is 5.88. The zero-order valence-corrected chi connectivity index (χ0v) is 9.28. The van der Waals surface area contributed by atoms with Crippen LogP contribution < -0.4 is 0 Å². The van der Waals surface area contributed by atoms with Crippen LogP contribution in [0.2, 0.25) is 0 Å². The maximum absolute atomic E-state index is 5.51. The van der Waals surface area contributed by atoms with Crippen LogP contribution >= 0.6 is 0 Å². The molecule has 4 heteroatoms. The van der Waals surface area contributed by atoms with Crippen molar-refractivity contribution in [1.82, 2.24) is 14.9 Å². The van der Waals surface area contributed by atoms with Gasteiger partial charge in [-0.15, -0.1) is 0 Å². The molecule has 0 radical (unpaired) electrons. The summed E-state index contributed by atoms with van der Waals surface area (Å²) in [4.78, 5) is 9.88. The number of morpholine rings is 1. The first-order chi connectivity index (χ1) is 7.40. The van der Waals surface area contributed by atoms with Gasteiger partial charge in [0, 0.05) is 25.0 Å². The van der Waals surface area contributed by atoms with Crippen molar-refractivity contribution >= 4 is 0 Å². The van der Waals surface area contributed by atoms with Crippen molar-refractivity contribution in [3.63, 3.8) is 0 Å². The summed E-state index contributed by atoms with van der Waals surface area (Å²) < 4.78 is 5.51. The molecule has 1 aromatic rings. The highest BCUT2D eigenvalue weighted by atomic mass is 16.5. The lowest BCUT2D eigenvalue weighted by molar-refractivity contribution is -0.0157. The zero-order chi connectivity index (χ0) is 10.5. The van der Waals surface area contributed by atoms with Gasteiger partial charge >= 0.3 is 0 Å². The molecular formula is C11H19N3O. The van der Waals surface area contributed by atoms with Gasteiger partial charge in [0.25, 0.3) is 0 Å². The molecule has 0 aliphatic carbocycles. The number of rotatable bonds is 4. The second-order valence-corrected chi connectivity index (χ2v) is 4.02. The summed E-state index contributed by atoms with van der Waals surface area (Å²) in [5.41, 5.74) is 0. The Labute approximate surface area is 90.6 Å². The Balaban J connectivity index is 1.92. The molecule has 1 N–H and O–H groups in total. The molecule has 0 saturated carbocycles. The van der Waals surface area contributed by atoms with Crippen molar-refractivity contribution in [3.05, 3.63) is 18.2 Å². The molecule has 1 saturated heterocycles. The molecule has 1 aliphatic rings. The van der Waals surface area contributed by atoms with E-state index in [-0.39, 0.29) is 0 Å². The number of nitrogens with one attached hydrogen (secondary N) is 1. The van der Waals surface area contributed by atoms with Gasteiger partial charge in [-0.25, -0.2) is 4.98 Å². The molecule has 0 bridgehead atoms. The van der Waals surface area contributed by atoms with E-state index in [0.29, 0.717) is 6.04 Å². The Bertz CT molecular complexity index is 271. The number of aromatic amines is 1. The lowest BCUT2D eigenvalue weighted by Gasteiger charge is -2.34. The van der Waals surface area contributed by atoms with Gasteiger partial charge < -0.3 is 9.72 Å².